The molecule has 3 fully saturated rings. The lowest BCUT2D eigenvalue weighted by molar-refractivity contribution is 0.0644. The van der Waals surface area contributed by atoms with Gasteiger partial charge in [-0.25, -0.2) is 8.78 Å². The molecule has 3 aromatic heterocycles. The lowest BCUT2D eigenvalue weighted by Crippen LogP contribution is -2.43. The lowest BCUT2D eigenvalue weighted by Gasteiger charge is -2.31. The van der Waals surface area contributed by atoms with E-state index < -0.39 is 11.6 Å². The van der Waals surface area contributed by atoms with E-state index in [0.29, 0.717) is 59.5 Å². The largest absolute Gasteiger partial charge is 0.461 e. The number of ether oxygens (including phenoxy) is 1. The minimum atomic E-state index is -0.652. The number of hydrogen-bond donors (Lipinski definition) is 0. The molecule has 4 aliphatic rings. The summed E-state index contributed by atoms with van der Waals surface area (Å²) < 4.78 is 40.3. The normalized spacial score (nSPS) is 19.0. The number of likely N-dealkylation sites (tertiary alicyclic amines) is 1. The first-order valence-corrected chi connectivity index (χ1v) is 17.0. The predicted molar refractivity (Wildman–Crippen MR) is 177 cm³/mol. The first-order valence-electron chi connectivity index (χ1n) is 17.0. The van der Waals surface area contributed by atoms with E-state index in [1.807, 2.05) is 15.6 Å². The van der Waals surface area contributed by atoms with E-state index in [2.05, 4.69) is 24.9 Å². The maximum Gasteiger partial charge on any atom is 0.319 e. The van der Waals surface area contributed by atoms with Crippen molar-refractivity contribution in [3.8, 4) is 17.3 Å². The Labute approximate surface area is 276 Å². The first-order chi connectivity index (χ1) is 23.5. The summed E-state index contributed by atoms with van der Waals surface area (Å²) in [5.74, 6) is -0.635. The zero-order valence-electron chi connectivity index (χ0n) is 26.7. The molecule has 9 rings (SSSR count). The van der Waals surface area contributed by atoms with E-state index in [1.165, 1.54) is 6.07 Å². The van der Waals surface area contributed by atoms with E-state index in [-0.39, 0.29) is 28.7 Å². The molecule has 12 heteroatoms. The summed E-state index contributed by atoms with van der Waals surface area (Å²) in [5, 5.41) is 6.06. The molecule has 3 saturated heterocycles. The van der Waals surface area contributed by atoms with E-state index >= 15 is 8.78 Å². The smallest absolute Gasteiger partial charge is 0.319 e. The number of carbonyl (C=O) groups is 1. The number of hydrogen-bond acceptors (Lipinski definition) is 8. The van der Waals surface area contributed by atoms with Gasteiger partial charge in [0.05, 0.1) is 23.2 Å². The molecule has 4 aliphatic heterocycles. The summed E-state index contributed by atoms with van der Waals surface area (Å²) in [6.07, 6.45) is 7.70. The van der Waals surface area contributed by atoms with Crippen LogP contribution >= 0.6 is 0 Å². The summed E-state index contributed by atoms with van der Waals surface area (Å²) in [4.78, 5) is 33.5. The number of rotatable bonds is 6. The van der Waals surface area contributed by atoms with Crippen LogP contribution in [0.2, 0.25) is 0 Å². The zero-order chi connectivity index (χ0) is 32.4. The SMILES string of the molecule is O=C(c1cc2n(n1)CCCN(c1nc(OCC34CCCN3CCC4)nc3c(F)c(-c4cccc5cccc(F)c45)ncc13)C2)N1CCC1. The summed E-state index contributed by atoms with van der Waals surface area (Å²) in [6.45, 7) is 5.75. The Morgan fingerprint density at radius 1 is 0.917 bits per heavy atom. The third-order valence-corrected chi connectivity index (χ3v) is 10.7. The average molecular weight is 651 g/mol. The van der Waals surface area contributed by atoms with Crippen LogP contribution in [0.3, 0.4) is 0 Å². The van der Waals surface area contributed by atoms with Gasteiger partial charge in [-0.2, -0.15) is 15.1 Å². The van der Waals surface area contributed by atoms with Gasteiger partial charge in [0.15, 0.2) is 11.5 Å². The number of aryl methyl sites for hydroxylation is 1. The maximum atomic E-state index is 16.8. The number of pyridine rings is 1. The van der Waals surface area contributed by atoms with Crippen LogP contribution in [0.15, 0.2) is 48.7 Å². The minimum Gasteiger partial charge on any atom is -0.461 e. The molecule has 0 atom stereocenters. The highest BCUT2D eigenvalue weighted by atomic mass is 19.1. The van der Waals surface area contributed by atoms with Gasteiger partial charge in [0.25, 0.3) is 5.91 Å². The summed E-state index contributed by atoms with van der Waals surface area (Å²) >= 11 is 0. The van der Waals surface area contributed by atoms with Crippen molar-refractivity contribution in [1.29, 1.82) is 0 Å². The van der Waals surface area contributed by atoms with Crippen molar-refractivity contribution in [2.75, 3.05) is 44.2 Å². The van der Waals surface area contributed by atoms with Gasteiger partial charge in [-0.05, 0) is 69.1 Å². The fraction of sp³-hybridized carbons (Fsp3) is 0.417. The Bertz CT molecular complexity index is 2060. The Balaban J connectivity index is 1.14. The predicted octanol–water partition coefficient (Wildman–Crippen LogP) is 5.58. The molecular formula is C36H36F2N8O2. The standard InChI is InChI=1S/C36H36F2N8O2/c37-27-10-2-8-23-7-1-9-25(29(23)27)31-30(38)32-26(20-39-31)33(41-35(40-32)48-22-36-11-3-16-45(36)17-4-12-36)44-15-6-18-46-24(21-44)19-28(42-46)34(47)43-13-5-14-43/h1-2,7-10,19-20H,3-6,11-18,21-22H2. The lowest BCUT2D eigenvalue weighted by atomic mass is 9.95. The van der Waals surface area contributed by atoms with Crippen molar-refractivity contribution in [2.45, 2.75) is 57.2 Å². The topological polar surface area (TPSA) is 92.5 Å². The number of benzene rings is 2. The maximum absolute atomic E-state index is 16.8. The van der Waals surface area contributed by atoms with E-state index in [0.717, 1.165) is 70.4 Å². The number of halogens is 2. The van der Waals surface area contributed by atoms with E-state index in [4.69, 9.17) is 9.72 Å². The van der Waals surface area contributed by atoms with Gasteiger partial charge in [0.1, 0.15) is 29.5 Å². The highest BCUT2D eigenvalue weighted by Crippen LogP contribution is 2.40. The average Bonchev–Trinajstić information content (AvgIpc) is 3.74. The summed E-state index contributed by atoms with van der Waals surface area (Å²) in [7, 11) is 0. The van der Waals surface area contributed by atoms with Gasteiger partial charge in [0, 0.05) is 43.3 Å². The first kappa shape index (κ1) is 29.4. The highest BCUT2D eigenvalue weighted by molar-refractivity contribution is 5.99. The van der Waals surface area contributed by atoms with Crippen molar-refractivity contribution in [2.24, 2.45) is 0 Å². The molecule has 0 aliphatic carbocycles. The molecule has 0 radical (unpaired) electrons. The van der Waals surface area contributed by atoms with Crippen LogP contribution in [0.25, 0.3) is 32.9 Å². The van der Waals surface area contributed by atoms with Crippen LogP contribution in [0.1, 0.15) is 54.7 Å². The molecule has 10 nitrogen and oxygen atoms in total. The second-order valence-corrected chi connectivity index (χ2v) is 13.5. The van der Waals surface area contributed by atoms with E-state index in [1.54, 1.807) is 36.5 Å². The van der Waals surface area contributed by atoms with Crippen LogP contribution in [-0.2, 0) is 13.1 Å². The quantitative estimate of drug-likeness (QED) is 0.235. The number of amides is 1. The second-order valence-electron chi connectivity index (χ2n) is 13.5. The fourth-order valence-corrected chi connectivity index (χ4v) is 8.10. The van der Waals surface area contributed by atoms with Crippen LogP contribution < -0.4 is 9.64 Å². The minimum absolute atomic E-state index is 0.0215. The zero-order valence-corrected chi connectivity index (χ0v) is 26.7. The number of carbonyl (C=O) groups excluding carboxylic acids is 1. The Morgan fingerprint density at radius 2 is 1.71 bits per heavy atom. The molecule has 0 spiro atoms. The van der Waals surface area contributed by atoms with Crippen LogP contribution in [0.5, 0.6) is 6.01 Å². The van der Waals surface area contributed by atoms with E-state index in [9.17, 15) is 4.79 Å². The van der Waals surface area contributed by atoms with Gasteiger partial charge in [-0.15, -0.1) is 0 Å². The summed E-state index contributed by atoms with van der Waals surface area (Å²) in [6, 6.07) is 12.0. The molecule has 7 heterocycles. The molecule has 246 valence electrons. The van der Waals surface area contributed by atoms with Gasteiger partial charge in [-0.1, -0.05) is 30.3 Å². The van der Waals surface area contributed by atoms with Gasteiger partial charge in [0.2, 0.25) is 0 Å². The van der Waals surface area contributed by atoms with Crippen molar-refractivity contribution >= 4 is 33.4 Å². The van der Waals surface area contributed by atoms with Crippen LogP contribution in [-0.4, -0.2) is 85.3 Å². The molecule has 0 saturated carbocycles. The Kier molecular flexibility index (Phi) is 7.03. The molecule has 0 N–H and O–H groups in total. The van der Waals surface area contributed by atoms with Crippen molar-refractivity contribution in [3.63, 3.8) is 0 Å². The molecule has 0 bridgehead atoms. The molecule has 0 unspecified atom stereocenters. The van der Waals surface area contributed by atoms with Crippen molar-refractivity contribution in [1.82, 2.24) is 34.5 Å². The van der Waals surface area contributed by atoms with Crippen molar-refractivity contribution < 1.29 is 18.3 Å². The van der Waals surface area contributed by atoms with Crippen molar-refractivity contribution in [3.05, 3.63) is 71.7 Å². The molecule has 5 aromatic rings. The number of anilines is 1. The third kappa shape index (κ3) is 4.79. The fourth-order valence-electron chi connectivity index (χ4n) is 8.10. The molecule has 2 aromatic carbocycles. The molecule has 48 heavy (non-hydrogen) atoms. The highest BCUT2D eigenvalue weighted by Gasteiger charge is 2.45. The Hall–Kier alpha value is -4.71. The Morgan fingerprint density at radius 3 is 2.50 bits per heavy atom. The van der Waals surface area contributed by atoms with Gasteiger partial charge in [-0.3, -0.25) is 19.4 Å². The number of nitrogens with zero attached hydrogens (tertiary/aromatic N) is 8. The molecule has 1 amide bonds. The van der Waals surface area contributed by atoms with Gasteiger partial charge >= 0.3 is 6.01 Å². The monoisotopic (exact) mass is 650 g/mol. The molecular weight excluding hydrogens is 614 g/mol. The number of fused-ring (bicyclic) bond motifs is 4. The van der Waals surface area contributed by atoms with Crippen LogP contribution in [0, 0.1) is 11.6 Å². The second kappa shape index (κ2) is 11.5. The number of aromatic nitrogens is 5. The van der Waals surface area contributed by atoms with Crippen LogP contribution in [0.4, 0.5) is 14.6 Å². The summed E-state index contributed by atoms with van der Waals surface area (Å²) in [5.41, 5.74) is 1.74. The van der Waals surface area contributed by atoms with Gasteiger partial charge < -0.3 is 14.5 Å². The third-order valence-electron chi connectivity index (χ3n) is 10.7.